The zero-order valence-corrected chi connectivity index (χ0v) is 19.3. The third-order valence-electron chi connectivity index (χ3n) is 4.23. The minimum absolute atomic E-state index is 0.0373. The Morgan fingerprint density at radius 1 is 0.786 bits per heavy atom. The van der Waals surface area contributed by atoms with Crippen LogP contribution < -0.4 is 0 Å². The van der Waals surface area contributed by atoms with E-state index in [2.05, 4.69) is 6.92 Å². The highest BCUT2D eigenvalue weighted by atomic mass is 32.2. The van der Waals surface area contributed by atoms with Crippen LogP contribution in [0.4, 0.5) is 0 Å². The summed E-state index contributed by atoms with van der Waals surface area (Å²) in [7, 11) is -6.55. The second kappa shape index (κ2) is 15.2. The smallest absolute Gasteiger partial charge is 0.303 e. The fourth-order valence-electron chi connectivity index (χ4n) is 2.72. The van der Waals surface area contributed by atoms with Gasteiger partial charge in [-0.25, -0.2) is 16.8 Å². The minimum atomic E-state index is -3.37. The largest absolute Gasteiger partial charge is 0.459 e. The van der Waals surface area contributed by atoms with Gasteiger partial charge in [-0.05, 0) is 12.8 Å². The SMILES string of the molecule is CCCCCCS(=O)(=O)CCOC[C@@H](CS(=O)(=O)CCCCCC)OC(C)=O. The molecule has 9 heteroatoms. The van der Waals surface area contributed by atoms with Crippen molar-refractivity contribution in [1.82, 2.24) is 0 Å². The van der Waals surface area contributed by atoms with Gasteiger partial charge in [0.2, 0.25) is 0 Å². The molecule has 0 aromatic heterocycles. The van der Waals surface area contributed by atoms with Crippen LogP contribution in [-0.2, 0) is 33.9 Å². The van der Waals surface area contributed by atoms with Gasteiger partial charge in [-0.1, -0.05) is 52.4 Å². The number of carbonyl (C=O) groups excluding carboxylic acids is 1. The molecule has 0 rings (SSSR count). The molecular formula is C19H38O7S2. The second-order valence-corrected chi connectivity index (χ2v) is 11.7. The molecule has 0 aromatic carbocycles. The number of carbonyl (C=O) groups is 1. The summed E-state index contributed by atoms with van der Waals surface area (Å²) in [4.78, 5) is 11.2. The van der Waals surface area contributed by atoms with Gasteiger partial charge in [0.25, 0.3) is 0 Å². The third-order valence-corrected chi connectivity index (χ3v) is 7.72. The average molecular weight is 443 g/mol. The Kier molecular flexibility index (Phi) is 14.8. The number of hydrogen-bond acceptors (Lipinski definition) is 7. The van der Waals surface area contributed by atoms with Crippen molar-refractivity contribution >= 4 is 25.6 Å². The summed E-state index contributed by atoms with van der Waals surface area (Å²) < 4.78 is 58.7. The van der Waals surface area contributed by atoms with Crippen molar-refractivity contribution in [2.75, 3.05) is 36.2 Å². The van der Waals surface area contributed by atoms with E-state index in [1.54, 1.807) is 0 Å². The molecule has 0 fully saturated rings. The molecule has 0 bridgehead atoms. The van der Waals surface area contributed by atoms with Crippen molar-refractivity contribution < 1.29 is 31.1 Å². The normalized spacial score (nSPS) is 13.4. The highest BCUT2D eigenvalue weighted by Crippen LogP contribution is 2.08. The molecule has 0 aromatic rings. The van der Waals surface area contributed by atoms with Crippen LogP contribution >= 0.6 is 0 Å². The van der Waals surface area contributed by atoms with E-state index in [0.29, 0.717) is 12.8 Å². The maximum atomic E-state index is 12.2. The van der Waals surface area contributed by atoms with Crippen LogP contribution in [-0.4, -0.2) is 65.1 Å². The van der Waals surface area contributed by atoms with Gasteiger partial charge in [0, 0.05) is 6.92 Å². The predicted molar refractivity (Wildman–Crippen MR) is 112 cm³/mol. The number of rotatable bonds is 18. The van der Waals surface area contributed by atoms with Gasteiger partial charge in [0.15, 0.2) is 19.7 Å². The average Bonchev–Trinajstić information content (AvgIpc) is 2.58. The summed E-state index contributed by atoms with van der Waals surface area (Å²) in [6, 6.07) is 0. The maximum absolute atomic E-state index is 12.2. The Morgan fingerprint density at radius 2 is 1.32 bits per heavy atom. The Balaban J connectivity index is 4.36. The second-order valence-electron chi connectivity index (χ2n) is 7.19. The first-order valence-corrected chi connectivity index (χ1v) is 13.9. The lowest BCUT2D eigenvalue weighted by Gasteiger charge is -2.17. The molecule has 0 aliphatic heterocycles. The van der Waals surface area contributed by atoms with Crippen molar-refractivity contribution in [3.63, 3.8) is 0 Å². The monoisotopic (exact) mass is 442 g/mol. The predicted octanol–water partition coefficient (Wildman–Crippen LogP) is 2.92. The van der Waals surface area contributed by atoms with Crippen LogP contribution in [0.25, 0.3) is 0 Å². The van der Waals surface area contributed by atoms with Gasteiger partial charge in [-0.3, -0.25) is 4.79 Å². The molecule has 0 spiro atoms. The molecule has 0 saturated carbocycles. The van der Waals surface area contributed by atoms with Crippen molar-refractivity contribution in [3.8, 4) is 0 Å². The maximum Gasteiger partial charge on any atom is 0.303 e. The quantitative estimate of drug-likeness (QED) is 0.237. The van der Waals surface area contributed by atoms with Gasteiger partial charge in [0.05, 0.1) is 36.2 Å². The summed E-state index contributed by atoms with van der Waals surface area (Å²) in [6.07, 6.45) is 6.11. The summed E-state index contributed by atoms with van der Waals surface area (Å²) >= 11 is 0. The third kappa shape index (κ3) is 16.3. The Hall–Kier alpha value is -0.670. The van der Waals surface area contributed by atoms with E-state index >= 15 is 0 Å². The number of esters is 1. The molecule has 0 radical (unpaired) electrons. The van der Waals surface area contributed by atoms with E-state index < -0.39 is 31.7 Å². The van der Waals surface area contributed by atoms with Crippen LogP contribution in [0.5, 0.6) is 0 Å². The lowest BCUT2D eigenvalue weighted by Crippen LogP contribution is -2.32. The van der Waals surface area contributed by atoms with Crippen LogP contribution in [0.15, 0.2) is 0 Å². The van der Waals surface area contributed by atoms with Gasteiger partial charge in [0.1, 0.15) is 6.10 Å². The highest BCUT2D eigenvalue weighted by molar-refractivity contribution is 7.91. The lowest BCUT2D eigenvalue weighted by molar-refractivity contribution is -0.147. The van der Waals surface area contributed by atoms with E-state index in [1.807, 2.05) is 6.92 Å². The van der Waals surface area contributed by atoms with Crippen LogP contribution in [0.1, 0.15) is 72.1 Å². The number of sulfone groups is 2. The fraction of sp³-hybridized carbons (Fsp3) is 0.947. The van der Waals surface area contributed by atoms with Gasteiger partial charge >= 0.3 is 5.97 Å². The number of hydrogen-bond donors (Lipinski definition) is 0. The molecule has 28 heavy (non-hydrogen) atoms. The molecule has 0 amide bonds. The fourth-order valence-corrected chi connectivity index (χ4v) is 5.48. The zero-order valence-electron chi connectivity index (χ0n) is 17.7. The van der Waals surface area contributed by atoms with Gasteiger partial charge < -0.3 is 9.47 Å². The van der Waals surface area contributed by atoms with E-state index in [1.165, 1.54) is 6.92 Å². The van der Waals surface area contributed by atoms with Crippen LogP contribution in [0, 0.1) is 0 Å². The van der Waals surface area contributed by atoms with E-state index in [9.17, 15) is 21.6 Å². The summed E-state index contributed by atoms with van der Waals surface area (Å²) in [5.41, 5.74) is 0. The first kappa shape index (κ1) is 27.3. The molecule has 0 N–H and O–H groups in total. The summed E-state index contributed by atoms with van der Waals surface area (Å²) in [5, 5.41) is 0. The van der Waals surface area contributed by atoms with Crippen molar-refractivity contribution in [1.29, 1.82) is 0 Å². The van der Waals surface area contributed by atoms with Gasteiger partial charge in [-0.2, -0.15) is 0 Å². The Bertz CT molecular complexity index is 612. The van der Waals surface area contributed by atoms with E-state index in [-0.39, 0.29) is 36.2 Å². The molecule has 0 saturated heterocycles. The Labute approximate surface area is 171 Å². The number of unbranched alkanes of at least 4 members (excludes halogenated alkanes) is 6. The molecule has 0 aliphatic carbocycles. The van der Waals surface area contributed by atoms with Crippen LogP contribution in [0.3, 0.4) is 0 Å². The summed E-state index contributed by atoms with van der Waals surface area (Å²) in [6.45, 7) is 5.16. The summed E-state index contributed by atoms with van der Waals surface area (Å²) in [5.74, 6) is -0.816. The molecule has 1 atom stereocenters. The molecule has 0 unspecified atom stereocenters. The van der Waals surface area contributed by atoms with Crippen molar-refractivity contribution in [2.45, 2.75) is 78.2 Å². The molecule has 0 aliphatic rings. The molecule has 168 valence electrons. The van der Waals surface area contributed by atoms with Crippen LogP contribution in [0.2, 0.25) is 0 Å². The van der Waals surface area contributed by atoms with Crippen molar-refractivity contribution in [3.05, 3.63) is 0 Å². The zero-order chi connectivity index (χ0) is 21.5. The first-order chi connectivity index (χ1) is 13.1. The highest BCUT2D eigenvalue weighted by Gasteiger charge is 2.22. The molecular weight excluding hydrogens is 404 g/mol. The van der Waals surface area contributed by atoms with Gasteiger partial charge in [-0.15, -0.1) is 0 Å². The van der Waals surface area contributed by atoms with E-state index in [4.69, 9.17) is 9.47 Å². The minimum Gasteiger partial charge on any atom is -0.459 e. The lowest BCUT2D eigenvalue weighted by atomic mass is 10.2. The molecule has 0 heterocycles. The topological polar surface area (TPSA) is 104 Å². The molecule has 7 nitrogen and oxygen atoms in total. The van der Waals surface area contributed by atoms with E-state index in [0.717, 1.165) is 38.5 Å². The first-order valence-electron chi connectivity index (χ1n) is 10.3. The number of ether oxygens (including phenoxy) is 2. The van der Waals surface area contributed by atoms with Crippen molar-refractivity contribution in [2.24, 2.45) is 0 Å². The Morgan fingerprint density at radius 3 is 1.82 bits per heavy atom. The standard InChI is InChI=1S/C19H38O7S2/c1-4-6-8-10-13-27(21,22)15-12-25-16-19(26-18(3)20)17-28(23,24)14-11-9-7-5-2/h19H,4-17H2,1-3H3/t19-/m0/s1.